The predicted octanol–water partition coefficient (Wildman–Crippen LogP) is 1.58. The van der Waals surface area contributed by atoms with Crippen LogP contribution in [0.15, 0.2) is 52.4 Å². The second-order valence-corrected chi connectivity index (χ2v) is 5.57. The molecule has 146 valence electrons. The van der Waals surface area contributed by atoms with Crippen molar-refractivity contribution in [1.82, 2.24) is 15.0 Å². The molecule has 0 spiro atoms. The fourth-order valence-corrected chi connectivity index (χ4v) is 2.26. The smallest absolute Gasteiger partial charge is 0.422 e. The Morgan fingerprint density at radius 3 is 2.25 bits per heavy atom. The van der Waals surface area contributed by atoms with E-state index in [1.807, 2.05) is 0 Å². The number of benzene rings is 2. The maximum absolute atomic E-state index is 12.5. The van der Waals surface area contributed by atoms with E-state index in [1.54, 1.807) is 24.3 Å². The Balaban J connectivity index is 2.04. The number of aromatic nitrogens is 3. The van der Waals surface area contributed by atoms with Crippen LogP contribution >= 0.6 is 0 Å². The van der Waals surface area contributed by atoms with Gasteiger partial charge < -0.3 is 21.9 Å². The molecule has 6 N–H and O–H groups in total. The van der Waals surface area contributed by atoms with Crippen molar-refractivity contribution in [2.75, 3.05) is 6.61 Å². The number of alkyl halides is 3. The van der Waals surface area contributed by atoms with E-state index in [4.69, 9.17) is 21.9 Å². The van der Waals surface area contributed by atoms with Gasteiger partial charge in [0.1, 0.15) is 16.8 Å². The Bertz CT molecular complexity index is 1020. The molecule has 1 heterocycles. The summed E-state index contributed by atoms with van der Waals surface area (Å²) in [7, 11) is 0. The summed E-state index contributed by atoms with van der Waals surface area (Å²) in [5, 5.41) is 8.56. The molecular weight excluding hydrogens is 377 g/mol. The Hall–Kier alpha value is -3.83. The van der Waals surface area contributed by atoms with Gasteiger partial charge in [-0.15, -0.1) is 10.2 Å². The van der Waals surface area contributed by atoms with Crippen molar-refractivity contribution in [2.45, 2.75) is 6.18 Å². The van der Waals surface area contributed by atoms with Crippen molar-refractivity contribution in [1.29, 1.82) is 0 Å². The molecule has 3 rings (SSSR count). The first kappa shape index (κ1) is 18.9. The number of nitrogens with zero attached hydrogens (tertiary/aromatic N) is 5. The first-order chi connectivity index (χ1) is 13.2. The summed E-state index contributed by atoms with van der Waals surface area (Å²) in [6.07, 6.45) is -4.50. The van der Waals surface area contributed by atoms with Crippen LogP contribution in [0.4, 0.5) is 18.9 Å². The van der Waals surface area contributed by atoms with Gasteiger partial charge in [0.25, 0.3) is 0 Å². The van der Waals surface area contributed by atoms with Crippen molar-refractivity contribution >= 4 is 28.6 Å². The number of guanidine groups is 2. The molecule has 28 heavy (non-hydrogen) atoms. The van der Waals surface area contributed by atoms with Crippen LogP contribution in [0.5, 0.6) is 5.75 Å². The lowest BCUT2D eigenvalue weighted by molar-refractivity contribution is -0.153. The lowest BCUT2D eigenvalue weighted by Gasteiger charge is -2.11. The minimum absolute atomic E-state index is 0.104. The van der Waals surface area contributed by atoms with Gasteiger partial charge in [-0.05, 0) is 18.2 Å². The van der Waals surface area contributed by atoms with E-state index in [2.05, 4.69) is 20.2 Å². The summed E-state index contributed by atoms with van der Waals surface area (Å²) in [5.41, 5.74) is 17.7. The Morgan fingerprint density at radius 2 is 1.68 bits per heavy atom. The number of nitrogens with two attached hydrogens (primary N) is 3. The first-order valence-corrected chi connectivity index (χ1v) is 7.80. The molecule has 12 heteroatoms. The van der Waals surface area contributed by atoms with Crippen LogP contribution in [0.25, 0.3) is 16.7 Å². The third-order valence-corrected chi connectivity index (χ3v) is 3.28. The van der Waals surface area contributed by atoms with E-state index in [0.29, 0.717) is 16.7 Å². The Kier molecular flexibility index (Phi) is 5.02. The number of fused-ring (bicyclic) bond motifs is 1. The van der Waals surface area contributed by atoms with Gasteiger partial charge in [0.05, 0.1) is 11.4 Å². The van der Waals surface area contributed by atoms with Crippen LogP contribution in [-0.2, 0) is 0 Å². The van der Waals surface area contributed by atoms with E-state index >= 15 is 0 Å². The van der Waals surface area contributed by atoms with E-state index in [-0.39, 0.29) is 23.4 Å². The maximum Gasteiger partial charge on any atom is 0.422 e. The van der Waals surface area contributed by atoms with Gasteiger partial charge in [-0.2, -0.15) is 23.0 Å². The number of hydrogen-bond donors (Lipinski definition) is 3. The SMILES string of the molecule is NC(N)=NC(N)=Nc1cc(OCC(F)(F)F)cc(-n2nc3ccccc3n2)c1. The standard InChI is InChI=1S/C16H15F3N8O/c17-16(18,19)8-28-11-6-9(23-15(22)24-14(20)21)5-10(7-11)27-25-12-3-1-2-4-13(12)26-27/h1-7H,8H2,(H6,20,21,22,23,24). The van der Waals surface area contributed by atoms with Gasteiger partial charge in [-0.25, -0.2) is 4.99 Å². The molecule has 9 nitrogen and oxygen atoms in total. The van der Waals surface area contributed by atoms with Crippen molar-refractivity contribution in [3.63, 3.8) is 0 Å². The van der Waals surface area contributed by atoms with E-state index < -0.39 is 12.8 Å². The molecule has 0 aliphatic carbocycles. The molecule has 2 aromatic carbocycles. The van der Waals surface area contributed by atoms with Crippen LogP contribution in [0, 0.1) is 0 Å². The van der Waals surface area contributed by atoms with Crippen molar-refractivity contribution < 1.29 is 17.9 Å². The summed E-state index contributed by atoms with van der Waals surface area (Å²) in [5.74, 6) is -0.698. The van der Waals surface area contributed by atoms with E-state index in [9.17, 15) is 13.2 Å². The van der Waals surface area contributed by atoms with Crippen LogP contribution < -0.4 is 21.9 Å². The molecular formula is C16H15F3N8O. The molecule has 0 fully saturated rings. The number of rotatable bonds is 4. The quantitative estimate of drug-likeness (QED) is 0.454. The highest BCUT2D eigenvalue weighted by Crippen LogP contribution is 2.27. The van der Waals surface area contributed by atoms with E-state index in [1.165, 1.54) is 23.0 Å². The monoisotopic (exact) mass is 392 g/mol. The molecule has 0 amide bonds. The van der Waals surface area contributed by atoms with Crippen LogP contribution in [0.1, 0.15) is 0 Å². The summed E-state index contributed by atoms with van der Waals surface area (Å²) in [4.78, 5) is 8.78. The third kappa shape index (κ3) is 4.87. The van der Waals surface area contributed by atoms with Gasteiger partial charge in [-0.3, -0.25) is 0 Å². The fraction of sp³-hybridized carbons (Fsp3) is 0.125. The average molecular weight is 392 g/mol. The van der Waals surface area contributed by atoms with Crippen molar-refractivity contribution in [3.8, 4) is 11.4 Å². The molecule has 0 aliphatic heterocycles. The summed E-state index contributed by atoms with van der Waals surface area (Å²) in [6.45, 7) is -1.47. The minimum atomic E-state index is -4.50. The number of ether oxygens (including phenoxy) is 1. The number of aliphatic imine (C=N–C) groups is 2. The summed E-state index contributed by atoms with van der Waals surface area (Å²) in [6, 6.07) is 11.2. The second kappa shape index (κ2) is 7.42. The van der Waals surface area contributed by atoms with Crippen molar-refractivity contribution in [3.05, 3.63) is 42.5 Å². The molecule has 3 aromatic rings. The fourth-order valence-electron chi connectivity index (χ4n) is 2.26. The Morgan fingerprint density at radius 1 is 1.04 bits per heavy atom. The van der Waals surface area contributed by atoms with Gasteiger partial charge in [-0.1, -0.05) is 12.1 Å². The lowest BCUT2D eigenvalue weighted by Crippen LogP contribution is -2.26. The van der Waals surface area contributed by atoms with Gasteiger partial charge >= 0.3 is 6.18 Å². The molecule has 0 bridgehead atoms. The maximum atomic E-state index is 12.5. The van der Waals surface area contributed by atoms with E-state index in [0.717, 1.165) is 0 Å². The van der Waals surface area contributed by atoms with Crippen LogP contribution in [-0.4, -0.2) is 39.7 Å². The summed E-state index contributed by atoms with van der Waals surface area (Å²) < 4.78 is 42.4. The third-order valence-electron chi connectivity index (χ3n) is 3.28. The van der Waals surface area contributed by atoms with Crippen LogP contribution in [0.2, 0.25) is 0 Å². The highest BCUT2D eigenvalue weighted by molar-refractivity contribution is 5.93. The average Bonchev–Trinajstić information content (AvgIpc) is 3.02. The number of hydrogen-bond acceptors (Lipinski definition) is 4. The predicted molar refractivity (Wildman–Crippen MR) is 97.5 cm³/mol. The molecule has 0 saturated carbocycles. The highest BCUT2D eigenvalue weighted by atomic mass is 19.4. The highest BCUT2D eigenvalue weighted by Gasteiger charge is 2.28. The first-order valence-electron chi connectivity index (χ1n) is 7.80. The molecule has 0 radical (unpaired) electrons. The van der Waals surface area contributed by atoms with Crippen LogP contribution in [0.3, 0.4) is 0 Å². The molecule has 0 atom stereocenters. The zero-order chi connectivity index (χ0) is 20.3. The molecule has 0 aliphatic rings. The molecule has 1 aromatic heterocycles. The van der Waals surface area contributed by atoms with Gasteiger partial charge in [0.2, 0.25) is 5.96 Å². The van der Waals surface area contributed by atoms with Gasteiger partial charge in [0.15, 0.2) is 12.6 Å². The Labute approximate surface area is 156 Å². The zero-order valence-corrected chi connectivity index (χ0v) is 14.3. The van der Waals surface area contributed by atoms with Crippen molar-refractivity contribution in [2.24, 2.45) is 27.2 Å². The summed E-state index contributed by atoms with van der Waals surface area (Å²) >= 11 is 0. The second-order valence-electron chi connectivity index (χ2n) is 5.57. The topological polar surface area (TPSA) is 143 Å². The lowest BCUT2D eigenvalue weighted by atomic mass is 10.2. The molecule has 0 unspecified atom stereocenters. The van der Waals surface area contributed by atoms with Gasteiger partial charge in [0, 0.05) is 12.1 Å². The largest absolute Gasteiger partial charge is 0.484 e. The number of halogens is 3. The minimum Gasteiger partial charge on any atom is -0.484 e. The normalized spacial score (nSPS) is 12.2. The molecule has 0 saturated heterocycles. The zero-order valence-electron chi connectivity index (χ0n) is 14.3.